The van der Waals surface area contributed by atoms with Crippen LogP contribution in [0.2, 0.25) is 5.02 Å². The highest BCUT2D eigenvalue weighted by atomic mass is 35.5. The molecule has 3 nitrogen and oxygen atoms in total. The molecule has 0 aliphatic heterocycles. The smallest absolute Gasteiger partial charge is 0.123 e. The fraction of sp³-hybridized carbons (Fsp3) is 0.188. The molecule has 0 bridgehead atoms. The van der Waals surface area contributed by atoms with Gasteiger partial charge in [0, 0.05) is 17.0 Å². The fourth-order valence-electron chi connectivity index (χ4n) is 1.85. The summed E-state index contributed by atoms with van der Waals surface area (Å²) in [7, 11) is 0. The highest BCUT2D eigenvalue weighted by molar-refractivity contribution is 6.31. The fourth-order valence-corrected chi connectivity index (χ4v) is 2.02. The van der Waals surface area contributed by atoms with Gasteiger partial charge in [0.1, 0.15) is 18.2 Å². The van der Waals surface area contributed by atoms with Crippen LogP contribution < -0.4 is 4.74 Å². The molecule has 2 aromatic carbocycles. The molecule has 0 amide bonds. The van der Waals surface area contributed by atoms with Crippen molar-refractivity contribution in [3.05, 3.63) is 64.4 Å². The van der Waals surface area contributed by atoms with Gasteiger partial charge in [-0.1, -0.05) is 28.9 Å². The van der Waals surface area contributed by atoms with Crippen LogP contribution >= 0.6 is 11.6 Å². The summed E-state index contributed by atoms with van der Waals surface area (Å²) in [6.45, 7) is 1.95. The minimum Gasteiger partial charge on any atom is -0.489 e. The van der Waals surface area contributed by atoms with Gasteiger partial charge < -0.3 is 9.94 Å². The number of oxime groups is 1. The molecule has 0 unspecified atom stereocenters. The van der Waals surface area contributed by atoms with E-state index in [9.17, 15) is 4.39 Å². The van der Waals surface area contributed by atoms with Gasteiger partial charge in [-0.25, -0.2) is 4.39 Å². The average Bonchev–Trinajstić information content (AvgIpc) is 2.49. The van der Waals surface area contributed by atoms with Crippen LogP contribution in [0.3, 0.4) is 0 Å². The second-order valence-corrected chi connectivity index (χ2v) is 5.09. The highest BCUT2D eigenvalue weighted by Crippen LogP contribution is 2.20. The van der Waals surface area contributed by atoms with E-state index < -0.39 is 0 Å². The summed E-state index contributed by atoms with van der Waals surface area (Å²) in [5, 5.41) is 12.2. The second kappa shape index (κ2) is 7.09. The number of halogens is 2. The molecule has 5 heteroatoms. The molecule has 0 fully saturated rings. The Morgan fingerprint density at radius 3 is 2.62 bits per heavy atom. The van der Waals surface area contributed by atoms with Gasteiger partial charge in [0.15, 0.2) is 0 Å². The molecule has 0 saturated carbocycles. The van der Waals surface area contributed by atoms with Crippen molar-refractivity contribution >= 4 is 17.3 Å². The van der Waals surface area contributed by atoms with E-state index in [2.05, 4.69) is 5.16 Å². The number of nitrogens with zero attached hydrogens (tertiary/aromatic N) is 1. The first-order valence-corrected chi connectivity index (χ1v) is 6.79. The van der Waals surface area contributed by atoms with Gasteiger partial charge in [0.05, 0.1) is 5.71 Å². The molecule has 21 heavy (non-hydrogen) atoms. The van der Waals surface area contributed by atoms with E-state index in [0.29, 0.717) is 28.5 Å². The third-order valence-corrected chi connectivity index (χ3v) is 3.32. The Bertz CT molecular complexity index is 641. The van der Waals surface area contributed by atoms with Crippen LogP contribution in [0.4, 0.5) is 4.39 Å². The normalized spacial score (nSPS) is 11.5. The summed E-state index contributed by atoms with van der Waals surface area (Å²) in [6, 6.07) is 11.6. The third kappa shape index (κ3) is 4.46. The summed E-state index contributed by atoms with van der Waals surface area (Å²) in [5.74, 6) is 0.324. The second-order valence-electron chi connectivity index (χ2n) is 4.68. The van der Waals surface area contributed by atoms with Gasteiger partial charge in [-0.3, -0.25) is 0 Å². The number of rotatable bonds is 5. The van der Waals surface area contributed by atoms with Crippen LogP contribution in [0.1, 0.15) is 18.1 Å². The summed E-state index contributed by atoms with van der Waals surface area (Å²) in [6.07, 6.45) is 0.576. The quantitative estimate of drug-likeness (QED) is 0.504. The Labute approximate surface area is 127 Å². The molecular weight excluding hydrogens is 293 g/mol. The van der Waals surface area contributed by atoms with Gasteiger partial charge in [-0.2, -0.15) is 0 Å². The first kappa shape index (κ1) is 15.3. The molecule has 0 spiro atoms. The largest absolute Gasteiger partial charge is 0.489 e. The molecule has 1 N–H and O–H groups in total. The topological polar surface area (TPSA) is 41.8 Å². The van der Waals surface area contributed by atoms with E-state index in [1.807, 2.05) is 24.3 Å². The Kier molecular flexibility index (Phi) is 5.17. The van der Waals surface area contributed by atoms with Gasteiger partial charge in [-0.15, -0.1) is 0 Å². The van der Waals surface area contributed by atoms with Crippen molar-refractivity contribution in [2.45, 2.75) is 20.0 Å². The first-order chi connectivity index (χ1) is 10.1. The zero-order chi connectivity index (χ0) is 15.2. The van der Waals surface area contributed by atoms with Gasteiger partial charge in [0.25, 0.3) is 0 Å². The zero-order valence-corrected chi connectivity index (χ0v) is 12.3. The lowest BCUT2D eigenvalue weighted by Crippen LogP contribution is -1.99. The van der Waals surface area contributed by atoms with Crippen LogP contribution in [-0.2, 0) is 13.0 Å². The molecule has 110 valence electrons. The van der Waals surface area contributed by atoms with Crippen molar-refractivity contribution < 1.29 is 14.3 Å². The molecule has 0 atom stereocenters. The highest BCUT2D eigenvalue weighted by Gasteiger charge is 2.04. The minimum absolute atomic E-state index is 0.201. The maximum absolute atomic E-state index is 13.1. The Morgan fingerprint density at radius 1 is 1.24 bits per heavy atom. The van der Waals surface area contributed by atoms with Gasteiger partial charge >= 0.3 is 0 Å². The predicted octanol–water partition coefficient (Wildman–Crippen LogP) is 4.45. The van der Waals surface area contributed by atoms with E-state index in [-0.39, 0.29) is 12.4 Å². The Balaban J connectivity index is 1.99. The molecule has 0 aliphatic carbocycles. The first-order valence-electron chi connectivity index (χ1n) is 6.41. The van der Waals surface area contributed by atoms with Gasteiger partial charge in [-0.05, 0) is 42.8 Å². The van der Waals surface area contributed by atoms with Crippen LogP contribution in [0.5, 0.6) is 5.75 Å². The van der Waals surface area contributed by atoms with Crippen molar-refractivity contribution in [2.75, 3.05) is 0 Å². The molecule has 0 heterocycles. The van der Waals surface area contributed by atoms with E-state index in [1.165, 1.54) is 18.2 Å². The number of benzene rings is 2. The average molecular weight is 308 g/mol. The SMILES string of the molecule is C/C(Cc1ccc(OCc2cc(F)ccc2Cl)cc1)=N/O. The van der Waals surface area contributed by atoms with Crippen LogP contribution in [-0.4, -0.2) is 10.9 Å². The zero-order valence-electron chi connectivity index (χ0n) is 11.5. The molecule has 0 aliphatic rings. The van der Waals surface area contributed by atoms with Crippen molar-refractivity contribution in [2.24, 2.45) is 5.16 Å². The molecule has 0 radical (unpaired) electrons. The molecule has 0 saturated heterocycles. The summed E-state index contributed by atoms with van der Waals surface area (Å²) in [5.41, 5.74) is 2.25. The van der Waals surface area contributed by atoms with Crippen molar-refractivity contribution in [1.82, 2.24) is 0 Å². The Morgan fingerprint density at radius 2 is 1.95 bits per heavy atom. The van der Waals surface area contributed by atoms with E-state index >= 15 is 0 Å². The van der Waals surface area contributed by atoms with Crippen molar-refractivity contribution in [3.63, 3.8) is 0 Å². The lowest BCUT2D eigenvalue weighted by molar-refractivity contribution is 0.305. The van der Waals surface area contributed by atoms with E-state index in [1.54, 1.807) is 6.92 Å². The number of hydrogen-bond donors (Lipinski definition) is 1. The maximum Gasteiger partial charge on any atom is 0.123 e. The summed E-state index contributed by atoms with van der Waals surface area (Å²) >= 11 is 5.98. The number of ether oxygens (including phenoxy) is 1. The number of hydrogen-bond acceptors (Lipinski definition) is 3. The van der Waals surface area contributed by atoms with E-state index in [4.69, 9.17) is 21.5 Å². The standard InChI is InChI=1S/C16H15ClFNO2/c1-11(19-20)8-12-2-5-15(6-3-12)21-10-13-9-14(18)4-7-16(13)17/h2-7,9,20H,8,10H2,1H3/b19-11-. The van der Waals surface area contributed by atoms with Crippen LogP contribution in [0, 0.1) is 5.82 Å². The van der Waals surface area contributed by atoms with Crippen LogP contribution in [0.25, 0.3) is 0 Å². The molecule has 2 rings (SSSR count). The van der Waals surface area contributed by atoms with Crippen molar-refractivity contribution in [3.8, 4) is 5.75 Å². The maximum atomic E-state index is 13.1. The van der Waals surface area contributed by atoms with Crippen molar-refractivity contribution in [1.29, 1.82) is 0 Å². The predicted molar refractivity (Wildman–Crippen MR) is 80.8 cm³/mol. The van der Waals surface area contributed by atoms with Gasteiger partial charge in [0.2, 0.25) is 0 Å². The Hall–Kier alpha value is -2.07. The lowest BCUT2D eigenvalue weighted by atomic mass is 10.1. The molecule has 2 aromatic rings. The van der Waals surface area contributed by atoms with Crippen LogP contribution in [0.15, 0.2) is 47.6 Å². The lowest BCUT2D eigenvalue weighted by Gasteiger charge is -2.09. The summed E-state index contributed by atoms with van der Waals surface area (Å²) < 4.78 is 18.7. The summed E-state index contributed by atoms with van der Waals surface area (Å²) in [4.78, 5) is 0. The molecular formula is C16H15ClFNO2. The molecule has 0 aromatic heterocycles. The minimum atomic E-state index is -0.341. The third-order valence-electron chi connectivity index (χ3n) is 2.96. The van der Waals surface area contributed by atoms with E-state index in [0.717, 1.165) is 5.56 Å². The monoisotopic (exact) mass is 307 g/mol.